The molecule has 1 aromatic heterocycles. The summed E-state index contributed by atoms with van der Waals surface area (Å²) in [4.78, 5) is 0. The predicted molar refractivity (Wildman–Crippen MR) is 105 cm³/mol. The SMILES string of the molecule is COc1ccc(OCc2nnc(SC(C)C)n2-c2cccc(C(F)(F)F)c2)cc1. The molecule has 3 aromatic rings. The molecule has 2 aromatic carbocycles. The fourth-order valence-electron chi connectivity index (χ4n) is 2.58. The van der Waals surface area contributed by atoms with Crippen molar-refractivity contribution < 1.29 is 22.6 Å². The molecule has 3 rings (SSSR count). The number of ether oxygens (including phenoxy) is 2. The lowest BCUT2D eigenvalue weighted by Crippen LogP contribution is -2.10. The van der Waals surface area contributed by atoms with E-state index in [0.717, 1.165) is 12.1 Å². The Hall–Kier alpha value is -2.68. The van der Waals surface area contributed by atoms with Crippen LogP contribution in [-0.2, 0) is 12.8 Å². The van der Waals surface area contributed by atoms with E-state index in [1.165, 1.54) is 17.8 Å². The number of alkyl halides is 3. The van der Waals surface area contributed by atoms with Crippen molar-refractivity contribution in [3.63, 3.8) is 0 Å². The topological polar surface area (TPSA) is 49.2 Å². The third kappa shape index (κ3) is 5.23. The number of thioether (sulfide) groups is 1. The van der Waals surface area contributed by atoms with Crippen molar-refractivity contribution >= 4 is 11.8 Å². The van der Waals surface area contributed by atoms with Crippen LogP contribution in [0.4, 0.5) is 13.2 Å². The first-order valence-corrected chi connectivity index (χ1v) is 9.71. The van der Waals surface area contributed by atoms with Gasteiger partial charge in [0.05, 0.1) is 18.4 Å². The summed E-state index contributed by atoms with van der Waals surface area (Å²) in [5, 5.41) is 8.99. The fourth-order valence-corrected chi connectivity index (χ4v) is 3.41. The molecule has 0 aliphatic carbocycles. The average molecular weight is 423 g/mol. The second-order valence-corrected chi connectivity index (χ2v) is 7.96. The highest BCUT2D eigenvalue weighted by molar-refractivity contribution is 7.99. The molecule has 5 nitrogen and oxygen atoms in total. The first-order valence-electron chi connectivity index (χ1n) is 8.83. The molecular formula is C20H20F3N3O2S. The first-order chi connectivity index (χ1) is 13.8. The number of benzene rings is 2. The van der Waals surface area contributed by atoms with E-state index in [-0.39, 0.29) is 11.9 Å². The highest BCUT2D eigenvalue weighted by Gasteiger charge is 2.31. The molecule has 0 spiro atoms. The molecule has 9 heteroatoms. The minimum absolute atomic E-state index is 0.0498. The van der Waals surface area contributed by atoms with Gasteiger partial charge in [0, 0.05) is 5.25 Å². The van der Waals surface area contributed by atoms with E-state index in [1.54, 1.807) is 42.0 Å². The minimum atomic E-state index is -4.44. The molecule has 0 saturated carbocycles. The number of hydrogen-bond acceptors (Lipinski definition) is 5. The second kappa shape index (κ2) is 8.77. The molecule has 0 radical (unpaired) electrons. The van der Waals surface area contributed by atoms with Crippen molar-refractivity contribution in [1.29, 1.82) is 0 Å². The molecule has 0 amide bonds. The Morgan fingerprint density at radius 1 is 1.03 bits per heavy atom. The van der Waals surface area contributed by atoms with Gasteiger partial charge in [-0.25, -0.2) is 0 Å². The van der Waals surface area contributed by atoms with Crippen molar-refractivity contribution in [1.82, 2.24) is 14.8 Å². The number of aromatic nitrogens is 3. The van der Waals surface area contributed by atoms with Crippen LogP contribution in [0.1, 0.15) is 25.2 Å². The normalized spacial score (nSPS) is 11.7. The summed E-state index contributed by atoms with van der Waals surface area (Å²) in [6.07, 6.45) is -4.44. The van der Waals surface area contributed by atoms with E-state index in [4.69, 9.17) is 9.47 Å². The molecule has 0 N–H and O–H groups in total. The van der Waals surface area contributed by atoms with Crippen molar-refractivity contribution in [2.24, 2.45) is 0 Å². The number of methoxy groups -OCH3 is 1. The van der Waals surface area contributed by atoms with Gasteiger partial charge in [-0.2, -0.15) is 13.2 Å². The van der Waals surface area contributed by atoms with E-state index >= 15 is 0 Å². The van der Waals surface area contributed by atoms with Crippen LogP contribution in [0.5, 0.6) is 11.5 Å². The summed E-state index contributed by atoms with van der Waals surface area (Å²) < 4.78 is 52.0. The highest BCUT2D eigenvalue weighted by atomic mass is 32.2. The lowest BCUT2D eigenvalue weighted by Gasteiger charge is -2.14. The van der Waals surface area contributed by atoms with Crippen molar-refractivity contribution in [2.45, 2.75) is 37.0 Å². The largest absolute Gasteiger partial charge is 0.497 e. The van der Waals surface area contributed by atoms with Crippen LogP contribution in [0.25, 0.3) is 5.69 Å². The smallest absolute Gasteiger partial charge is 0.416 e. The van der Waals surface area contributed by atoms with Crippen LogP contribution in [-0.4, -0.2) is 27.1 Å². The third-order valence-corrected chi connectivity index (χ3v) is 4.85. The summed E-state index contributed by atoms with van der Waals surface area (Å²) in [6.45, 7) is 4.00. The fraction of sp³-hybridized carbons (Fsp3) is 0.300. The Morgan fingerprint density at radius 3 is 2.34 bits per heavy atom. The number of halogens is 3. The Kier molecular flexibility index (Phi) is 6.36. The van der Waals surface area contributed by atoms with Crippen molar-refractivity contribution in [3.8, 4) is 17.2 Å². The molecule has 29 heavy (non-hydrogen) atoms. The van der Waals surface area contributed by atoms with Gasteiger partial charge in [-0.3, -0.25) is 4.57 Å². The van der Waals surface area contributed by atoms with E-state index in [1.807, 2.05) is 13.8 Å². The Labute approximate surface area is 170 Å². The van der Waals surface area contributed by atoms with Crippen molar-refractivity contribution in [3.05, 3.63) is 59.9 Å². The quantitative estimate of drug-likeness (QED) is 0.478. The summed E-state index contributed by atoms with van der Waals surface area (Å²) >= 11 is 1.42. The molecular weight excluding hydrogens is 403 g/mol. The maximum Gasteiger partial charge on any atom is 0.416 e. The van der Waals surface area contributed by atoms with E-state index < -0.39 is 11.7 Å². The molecule has 0 saturated heterocycles. The van der Waals surface area contributed by atoms with Crippen LogP contribution in [0.3, 0.4) is 0 Å². The number of rotatable bonds is 7. The molecule has 0 aliphatic heterocycles. The Morgan fingerprint density at radius 2 is 1.72 bits per heavy atom. The van der Waals surface area contributed by atoms with Gasteiger partial charge in [0.2, 0.25) is 0 Å². The van der Waals surface area contributed by atoms with Gasteiger partial charge >= 0.3 is 6.18 Å². The van der Waals surface area contributed by atoms with Crippen LogP contribution in [0.15, 0.2) is 53.7 Å². The summed E-state index contributed by atoms with van der Waals surface area (Å²) in [5.74, 6) is 1.69. The summed E-state index contributed by atoms with van der Waals surface area (Å²) in [6, 6.07) is 12.1. The van der Waals surface area contributed by atoms with Crippen LogP contribution in [0, 0.1) is 0 Å². The van der Waals surface area contributed by atoms with Crippen LogP contribution >= 0.6 is 11.8 Å². The average Bonchev–Trinajstić information content (AvgIpc) is 3.08. The lowest BCUT2D eigenvalue weighted by atomic mass is 10.2. The molecule has 0 fully saturated rings. The molecule has 0 bridgehead atoms. The van der Waals surface area contributed by atoms with Gasteiger partial charge in [-0.15, -0.1) is 10.2 Å². The standard InChI is InChI=1S/C20H20F3N3O2S/c1-13(2)29-19-25-24-18(12-28-17-9-7-16(27-3)8-10-17)26(19)15-6-4-5-14(11-15)20(21,22)23/h4-11,13H,12H2,1-3H3. The van der Waals surface area contributed by atoms with Gasteiger partial charge in [0.25, 0.3) is 0 Å². The van der Waals surface area contributed by atoms with Gasteiger partial charge in [-0.1, -0.05) is 31.7 Å². The van der Waals surface area contributed by atoms with Gasteiger partial charge in [-0.05, 0) is 42.5 Å². The maximum atomic E-state index is 13.2. The lowest BCUT2D eigenvalue weighted by molar-refractivity contribution is -0.137. The summed E-state index contributed by atoms with van der Waals surface area (Å²) in [7, 11) is 1.57. The third-order valence-electron chi connectivity index (χ3n) is 3.90. The molecule has 0 aliphatic rings. The van der Waals surface area contributed by atoms with Crippen LogP contribution < -0.4 is 9.47 Å². The second-order valence-electron chi connectivity index (χ2n) is 6.41. The monoisotopic (exact) mass is 423 g/mol. The zero-order valence-electron chi connectivity index (χ0n) is 16.1. The van der Waals surface area contributed by atoms with Crippen LogP contribution in [0.2, 0.25) is 0 Å². The Bertz CT molecular complexity index is 956. The van der Waals surface area contributed by atoms with Gasteiger partial charge in [0.15, 0.2) is 11.0 Å². The summed E-state index contributed by atoms with van der Waals surface area (Å²) in [5.41, 5.74) is -0.396. The number of hydrogen-bond donors (Lipinski definition) is 0. The molecule has 1 heterocycles. The first kappa shape index (κ1) is 21.0. The van der Waals surface area contributed by atoms with Gasteiger partial charge in [0.1, 0.15) is 18.1 Å². The van der Waals surface area contributed by atoms with Crippen molar-refractivity contribution in [2.75, 3.05) is 7.11 Å². The van der Waals surface area contributed by atoms with E-state index in [0.29, 0.717) is 28.2 Å². The minimum Gasteiger partial charge on any atom is -0.497 e. The number of nitrogens with zero attached hydrogens (tertiary/aromatic N) is 3. The Balaban J connectivity index is 1.93. The zero-order chi connectivity index (χ0) is 21.0. The molecule has 0 unspecified atom stereocenters. The zero-order valence-corrected chi connectivity index (χ0v) is 16.9. The van der Waals surface area contributed by atoms with E-state index in [2.05, 4.69) is 10.2 Å². The molecule has 0 atom stereocenters. The molecule has 154 valence electrons. The van der Waals surface area contributed by atoms with Gasteiger partial charge < -0.3 is 9.47 Å². The highest BCUT2D eigenvalue weighted by Crippen LogP contribution is 2.32. The maximum absolute atomic E-state index is 13.2. The van der Waals surface area contributed by atoms with E-state index in [9.17, 15) is 13.2 Å². The predicted octanol–water partition coefficient (Wildman–Crippen LogP) is 5.37.